The van der Waals surface area contributed by atoms with Crippen LogP contribution in [0.3, 0.4) is 0 Å². The fourth-order valence-electron chi connectivity index (χ4n) is 1.18. The van der Waals surface area contributed by atoms with Crippen LogP contribution in [0, 0.1) is 12.3 Å². The van der Waals surface area contributed by atoms with Crippen molar-refractivity contribution >= 4 is 11.9 Å². The van der Waals surface area contributed by atoms with Gasteiger partial charge in [-0.25, -0.2) is 0 Å². The molecule has 0 radical (unpaired) electrons. The second-order valence-electron chi connectivity index (χ2n) is 3.53. The Labute approximate surface area is 96.0 Å². The molecule has 0 aromatic rings. The Hall–Kier alpha value is -1.50. The maximum atomic E-state index is 11.2. The summed E-state index contributed by atoms with van der Waals surface area (Å²) in [7, 11) is 0. The first kappa shape index (κ1) is 14.5. The molecule has 4 heteroatoms. The normalized spacial score (nSPS) is 11.5. The van der Waals surface area contributed by atoms with E-state index in [1.54, 1.807) is 0 Å². The molecule has 0 spiro atoms. The summed E-state index contributed by atoms with van der Waals surface area (Å²) in [6.45, 7) is 2.07. The minimum absolute atomic E-state index is 0.124. The third-order valence-electron chi connectivity index (χ3n) is 2.07. The molecule has 1 atom stereocenters. The smallest absolute Gasteiger partial charge is 0.307 e. The summed E-state index contributed by atoms with van der Waals surface area (Å²) in [5.74, 6) is 0.835. The maximum absolute atomic E-state index is 11.2. The number of terminal acetylenes is 1. The second-order valence-corrected chi connectivity index (χ2v) is 3.53. The van der Waals surface area contributed by atoms with Crippen molar-refractivity contribution in [3.63, 3.8) is 0 Å². The molecule has 1 unspecified atom stereocenters. The van der Waals surface area contributed by atoms with Crippen LogP contribution in [0.2, 0.25) is 0 Å². The topological polar surface area (TPSA) is 63.6 Å². The Bertz CT molecular complexity index is 265. The molecular weight excluding hydrogens is 208 g/mol. The Morgan fingerprint density at radius 2 is 2.06 bits per heavy atom. The van der Waals surface area contributed by atoms with Crippen LogP contribution in [0.15, 0.2) is 0 Å². The zero-order valence-electron chi connectivity index (χ0n) is 9.57. The zero-order valence-corrected chi connectivity index (χ0v) is 9.57. The molecule has 0 fully saturated rings. The average molecular weight is 226 g/mol. The molecule has 0 rings (SSSR count). The van der Waals surface area contributed by atoms with Gasteiger partial charge in [0, 0.05) is 0 Å². The van der Waals surface area contributed by atoms with E-state index in [0.717, 1.165) is 19.3 Å². The number of carbonyl (C=O) groups is 2. The van der Waals surface area contributed by atoms with Crippen LogP contribution in [0.25, 0.3) is 0 Å². The highest BCUT2D eigenvalue weighted by Gasteiger charge is 2.12. The number of rotatable bonds is 8. The van der Waals surface area contributed by atoms with Crippen molar-refractivity contribution in [1.82, 2.24) is 0 Å². The van der Waals surface area contributed by atoms with E-state index in [0.29, 0.717) is 6.42 Å². The molecule has 0 heterocycles. The fourth-order valence-corrected chi connectivity index (χ4v) is 1.18. The van der Waals surface area contributed by atoms with Gasteiger partial charge in [-0.2, -0.15) is 0 Å². The summed E-state index contributed by atoms with van der Waals surface area (Å²) in [5, 5.41) is 8.38. The summed E-state index contributed by atoms with van der Waals surface area (Å²) in [6.07, 6.45) is 8.03. The van der Waals surface area contributed by atoms with Gasteiger partial charge in [-0.05, 0) is 12.8 Å². The molecule has 0 amide bonds. The van der Waals surface area contributed by atoms with Crippen LogP contribution in [-0.4, -0.2) is 23.1 Å². The van der Waals surface area contributed by atoms with E-state index in [1.807, 2.05) is 0 Å². The molecule has 0 saturated heterocycles. The van der Waals surface area contributed by atoms with E-state index in [-0.39, 0.29) is 12.8 Å². The van der Waals surface area contributed by atoms with Crippen LogP contribution in [-0.2, 0) is 14.3 Å². The van der Waals surface area contributed by atoms with Crippen LogP contribution in [0.1, 0.15) is 45.4 Å². The number of aliphatic carboxylic acids is 1. The number of unbranched alkanes of at least 4 members (excludes halogenated alkanes) is 2. The lowest BCUT2D eigenvalue weighted by atomic mass is 10.1. The minimum atomic E-state index is -1.01. The number of hydrogen-bond acceptors (Lipinski definition) is 3. The number of carboxylic acid groups (broad SMARTS) is 1. The van der Waals surface area contributed by atoms with Gasteiger partial charge in [-0.15, -0.1) is 6.42 Å². The number of carboxylic acids is 1. The van der Waals surface area contributed by atoms with Gasteiger partial charge in [0.25, 0.3) is 0 Å². The predicted octanol–water partition coefficient (Wildman–Crippen LogP) is 1.98. The molecule has 0 aliphatic carbocycles. The molecule has 0 bridgehead atoms. The van der Waals surface area contributed by atoms with E-state index < -0.39 is 18.0 Å². The van der Waals surface area contributed by atoms with Crippen LogP contribution in [0.5, 0.6) is 0 Å². The van der Waals surface area contributed by atoms with Crippen LogP contribution >= 0.6 is 0 Å². The van der Waals surface area contributed by atoms with E-state index in [1.165, 1.54) is 0 Å². The number of ether oxygens (including phenoxy) is 1. The zero-order chi connectivity index (χ0) is 12.4. The first-order valence-corrected chi connectivity index (χ1v) is 5.47. The van der Waals surface area contributed by atoms with Crippen molar-refractivity contribution < 1.29 is 19.4 Å². The third-order valence-corrected chi connectivity index (χ3v) is 2.07. The number of hydrogen-bond donors (Lipinski definition) is 1. The van der Waals surface area contributed by atoms with Crippen molar-refractivity contribution in [3.8, 4) is 12.3 Å². The van der Waals surface area contributed by atoms with Crippen molar-refractivity contribution in [2.24, 2.45) is 0 Å². The van der Waals surface area contributed by atoms with E-state index in [9.17, 15) is 9.59 Å². The first-order chi connectivity index (χ1) is 7.60. The highest BCUT2D eigenvalue weighted by molar-refractivity contribution is 5.76. The van der Waals surface area contributed by atoms with Gasteiger partial charge >= 0.3 is 11.9 Å². The average Bonchev–Trinajstić information content (AvgIpc) is 2.25. The summed E-state index contributed by atoms with van der Waals surface area (Å²) in [4.78, 5) is 21.4. The van der Waals surface area contributed by atoms with Crippen LogP contribution in [0.4, 0.5) is 0 Å². The van der Waals surface area contributed by atoms with Crippen molar-refractivity contribution in [2.75, 3.05) is 0 Å². The van der Waals surface area contributed by atoms with Crippen molar-refractivity contribution in [3.05, 3.63) is 0 Å². The van der Waals surface area contributed by atoms with Crippen molar-refractivity contribution in [2.45, 2.75) is 51.6 Å². The highest BCUT2D eigenvalue weighted by atomic mass is 16.5. The maximum Gasteiger partial charge on any atom is 0.307 e. The number of carbonyl (C=O) groups excluding carboxylic acids is 1. The van der Waals surface area contributed by atoms with Gasteiger partial charge in [0.1, 0.15) is 0 Å². The van der Waals surface area contributed by atoms with Gasteiger partial charge in [0.05, 0.1) is 12.8 Å². The monoisotopic (exact) mass is 226 g/mol. The summed E-state index contributed by atoms with van der Waals surface area (Å²) in [6, 6.07) is 0. The lowest BCUT2D eigenvalue weighted by Gasteiger charge is -2.11. The van der Waals surface area contributed by atoms with Gasteiger partial charge < -0.3 is 9.84 Å². The number of esters is 1. The Balaban J connectivity index is 3.80. The predicted molar refractivity (Wildman–Crippen MR) is 59.7 cm³/mol. The third kappa shape index (κ3) is 7.86. The molecule has 4 nitrogen and oxygen atoms in total. The van der Waals surface area contributed by atoms with E-state index in [4.69, 9.17) is 16.3 Å². The Morgan fingerprint density at radius 3 is 2.56 bits per heavy atom. The van der Waals surface area contributed by atoms with E-state index in [2.05, 4.69) is 12.8 Å². The highest BCUT2D eigenvalue weighted by Crippen LogP contribution is 2.07. The standard InChI is InChI=1S/C12H18O4/c1-3-5-6-7-10(4-2)16-12(15)9-8-11(13)14/h2,10H,3,5-9H2,1H3,(H,13,14). The minimum Gasteiger partial charge on any atom is -0.481 e. The van der Waals surface area contributed by atoms with Crippen LogP contribution < -0.4 is 0 Å². The molecule has 16 heavy (non-hydrogen) atoms. The quantitative estimate of drug-likeness (QED) is 0.390. The molecular formula is C12H18O4. The van der Waals surface area contributed by atoms with Gasteiger partial charge in [-0.1, -0.05) is 25.7 Å². The molecule has 0 saturated carbocycles. The molecule has 0 aliphatic rings. The van der Waals surface area contributed by atoms with Gasteiger partial charge in [0.2, 0.25) is 0 Å². The summed E-state index contributed by atoms with van der Waals surface area (Å²) < 4.78 is 4.96. The Kier molecular flexibility index (Phi) is 7.96. The fraction of sp³-hybridized carbons (Fsp3) is 0.667. The van der Waals surface area contributed by atoms with Crippen molar-refractivity contribution in [1.29, 1.82) is 0 Å². The lowest BCUT2D eigenvalue weighted by molar-refractivity contribution is -0.150. The van der Waals surface area contributed by atoms with Gasteiger partial charge in [0.15, 0.2) is 6.10 Å². The molecule has 1 N–H and O–H groups in total. The summed E-state index contributed by atoms with van der Waals surface area (Å²) in [5.41, 5.74) is 0. The SMILES string of the molecule is C#CC(CCCCC)OC(=O)CCC(=O)O. The lowest BCUT2D eigenvalue weighted by Crippen LogP contribution is -2.17. The Morgan fingerprint density at radius 1 is 1.38 bits per heavy atom. The van der Waals surface area contributed by atoms with Gasteiger partial charge in [-0.3, -0.25) is 9.59 Å². The second kappa shape index (κ2) is 8.78. The molecule has 90 valence electrons. The molecule has 0 aliphatic heterocycles. The molecule has 0 aromatic carbocycles. The van der Waals surface area contributed by atoms with E-state index >= 15 is 0 Å². The summed E-state index contributed by atoms with van der Waals surface area (Å²) >= 11 is 0. The first-order valence-electron chi connectivity index (χ1n) is 5.47. The molecule has 0 aromatic heterocycles. The largest absolute Gasteiger partial charge is 0.481 e.